The molecule has 2 aromatic carbocycles. The Bertz CT molecular complexity index is 1160. The average molecular weight is 375 g/mol. The molecule has 28 heavy (non-hydrogen) atoms. The number of benzene rings is 2. The predicted octanol–water partition coefficient (Wildman–Crippen LogP) is 4.08. The highest BCUT2D eigenvalue weighted by atomic mass is 16.6. The number of nitro benzene ring substituents is 1. The molecule has 0 fully saturated rings. The maximum Gasteiger partial charge on any atom is 0.270 e. The predicted molar refractivity (Wildman–Crippen MR) is 105 cm³/mol. The number of aryl methyl sites for hydroxylation is 1. The molecule has 4 aromatic rings. The second kappa shape index (κ2) is 6.99. The summed E-state index contributed by atoms with van der Waals surface area (Å²) in [5.74, 6) is 0.298. The Hall–Kier alpha value is -3.94. The van der Waals surface area contributed by atoms with Crippen molar-refractivity contribution in [2.75, 3.05) is 5.32 Å². The summed E-state index contributed by atoms with van der Waals surface area (Å²) in [6, 6.07) is 12.8. The van der Waals surface area contributed by atoms with E-state index in [9.17, 15) is 15.2 Å². The van der Waals surface area contributed by atoms with Crippen molar-refractivity contribution in [2.24, 2.45) is 0 Å². The molecule has 3 N–H and O–H groups in total. The topological polar surface area (TPSA) is 117 Å². The quantitative estimate of drug-likeness (QED) is 0.357. The molecular formula is C20H17N5O3. The summed E-state index contributed by atoms with van der Waals surface area (Å²) >= 11 is 0. The Morgan fingerprint density at radius 1 is 1.14 bits per heavy atom. The number of hydrogen-bond acceptors (Lipinski definition) is 6. The third-order valence-corrected chi connectivity index (χ3v) is 4.60. The van der Waals surface area contributed by atoms with E-state index < -0.39 is 11.0 Å². The summed E-state index contributed by atoms with van der Waals surface area (Å²) in [5, 5.41) is 26.0. The Balaban J connectivity index is 1.94. The Kier molecular flexibility index (Phi) is 4.36. The maximum absolute atomic E-state index is 11.3. The number of nitrogens with one attached hydrogen (secondary N) is 2. The molecule has 8 heteroatoms. The monoisotopic (exact) mass is 375 g/mol. The third kappa shape index (κ3) is 3.11. The molecule has 2 aromatic heterocycles. The fourth-order valence-corrected chi connectivity index (χ4v) is 3.37. The Labute approximate surface area is 160 Å². The summed E-state index contributed by atoms with van der Waals surface area (Å²) in [4.78, 5) is 22.5. The lowest BCUT2D eigenvalue weighted by atomic mass is 9.95. The number of nitrogens with zero attached hydrogens (tertiary/aromatic N) is 3. The highest BCUT2D eigenvalue weighted by Gasteiger charge is 2.26. The van der Waals surface area contributed by atoms with Crippen molar-refractivity contribution in [1.82, 2.24) is 15.0 Å². The van der Waals surface area contributed by atoms with E-state index in [-0.39, 0.29) is 11.4 Å². The van der Waals surface area contributed by atoms with Crippen LogP contribution in [0.2, 0.25) is 0 Å². The van der Waals surface area contributed by atoms with Crippen LogP contribution in [0.25, 0.3) is 10.9 Å². The van der Waals surface area contributed by atoms with Gasteiger partial charge in [0.15, 0.2) is 0 Å². The number of para-hydroxylation sites is 1. The van der Waals surface area contributed by atoms with Crippen molar-refractivity contribution in [3.8, 4) is 5.75 Å². The number of aromatic hydroxyl groups is 1. The summed E-state index contributed by atoms with van der Waals surface area (Å²) in [6.45, 7) is 1.92. The molecule has 0 aliphatic carbocycles. The summed E-state index contributed by atoms with van der Waals surface area (Å²) in [5.41, 5.74) is 2.93. The zero-order valence-corrected chi connectivity index (χ0v) is 15.0. The van der Waals surface area contributed by atoms with Crippen LogP contribution in [0.4, 0.5) is 11.6 Å². The van der Waals surface area contributed by atoms with Crippen LogP contribution in [0.3, 0.4) is 0 Å². The molecule has 0 saturated carbocycles. The fraction of sp³-hybridized carbons (Fsp3) is 0.100. The highest BCUT2D eigenvalue weighted by Crippen LogP contribution is 2.38. The summed E-state index contributed by atoms with van der Waals surface area (Å²) in [6.07, 6.45) is 3.20. The molecule has 1 unspecified atom stereocenters. The maximum atomic E-state index is 11.3. The second-order valence-corrected chi connectivity index (χ2v) is 6.36. The first kappa shape index (κ1) is 17.5. The van der Waals surface area contributed by atoms with Gasteiger partial charge in [0, 0.05) is 52.3 Å². The van der Waals surface area contributed by atoms with Gasteiger partial charge in [-0.05, 0) is 25.1 Å². The molecule has 0 saturated heterocycles. The van der Waals surface area contributed by atoms with E-state index in [2.05, 4.69) is 20.3 Å². The van der Waals surface area contributed by atoms with Gasteiger partial charge in [0.05, 0.1) is 11.0 Å². The molecule has 2 heterocycles. The van der Waals surface area contributed by atoms with E-state index in [1.165, 1.54) is 18.2 Å². The van der Waals surface area contributed by atoms with Crippen LogP contribution in [0.1, 0.15) is 22.9 Å². The number of rotatable bonds is 5. The first-order valence-electron chi connectivity index (χ1n) is 8.62. The molecule has 0 aliphatic rings. The van der Waals surface area contributed by atoms with E-state index >= 15 is 0 Å². The van der Waals surface area contributed by atoms with Gasteiger partial charge in [-0.3, -0.25) is 10.1 Å². The lowest BCUT2D eigenvalue weighted by Gasteiger charge is -2.21. The summed E-state index contributed by atoms with van der Waals surface area (Å²) < 4.78 is 0. The number of non-ortho nitro benzene ring substituents is 1. The lowest BCUT2D eigenvalue weighted by molar-refractivity contribution is -0.384. The van der Waals surface area contributed by atoms with Gasteiger partial charge in [0.25, 0.3) is 5.69 Å². The van der Waals surface area contributed by atoms with Gasteiger partial charge in [-0.2, -0.15) is 0 Å². The summed E-state index contributed by atoms with van der Waals surface area (Å²) in [7, 11) is 0. The minimum absolute atomic E-state index is 0.0521. The lowest BCUT2D eigenvalue weighted by Crippen LogP contribution is -2.15. The number of nitro groups is 1. The van der Waals surface area contributed by atoms with E-state index in [4.69, 9.17) is 0 Å². The first-order valence-corrected chi connectivity index (χ1v) is 8.62. The van der Waals surface area contributed by atoms with Gasteiger partial charge in [-0.15, -0.1) is 0 Å². The fourth-order valence-electron chi connectivity index (χ4n) is 3.37. The van der Waals surface area contributed by atoms with E-state index in [0.29, 0.717) is 11.5 Å². The Morgan fingerprint density at radius 3 is 2.64 bits per heavy atom. The largest absolute Gasteiger partial charge is 0.508 e. The molecule has 0 radical (unpaired) electrons. The zero-order chi connectivity index (χ0) is 19.7. The number of H-pyrrole nitrogens is 1. The number of phenols is 1. The number of fused-ring (bicyclic) bond motifs is 1. The van der Waals surface area contributed by atoms with E-state index in [1.807, 2.05) is 31.2 Å². The van der Waals surface area contributed by atoms with Crippen LogP contribution in [-0.2, 0) is 0 Å². The van der Waals surface area contributed by atoms with Crippen LogP contribution >= 0.6 is 0 Å². The average Bonchev–Trinajstić information content (AvgIpc) is 3.03. The number of anilines is 1. The molecule has 0 aliphatic heterocycles. The van der Waals surface area contributed by atoms with Gasteiger partial charge in [0.2, 0.25) is 5.95 Å². The van der Waals surface area contributed by atoms with Crippen molar-refractivity contribution in [1.29, 1.82) is 0 Å². The molecule has 0 bridgehead atoms. The zero-order valence-electron chi connectivity index (χ0n) is 15.0. The van der Waals surface area contributed by atoms with Crippen molar-refractivity contribution in [3.63, 3.8) is 0 Å². The number of hydrogen-bond donors (Lipinski definition) is 3. The van der Waals surface area contributed by atoms with Gasteiger partial charge in [-0.1, -0.05) is 18.2 Å². The van der Waals surface area contributed by atoms with Crippen molar-refractivity contribution in [3.05, 3.63) is 87.9 Å². The molecule has 140 valence electrons. The smallest absolute Gasteiger partial charge is 0.270 e. The number of aromatic amines is 1. The van der Waals surface area contributed by atoms with Crippen LogP contribution in [0, 0.1) is 17.0 Å². The molecule has 4 rings (SSSR count). The van der Waals surface area contributed by atoms with Crippen LogP contribution in [-0.4, -0.2) is 25.0 Å². The van der Waals surface area contributed by atoms with Crippen LogP contribution in [0.15, 0.2) is 60.9 Å². The van der Waals surface area contributed by atoms with Crippen LogP contribution in [0.5, 0.6) is 5.75 Å². The van der Waals surface area contributed by atoms with Gasteiger partial charge in [0.1, 0.15) is 5.75 Å². The molecule has 0 amide bonds. The van der Waals surface area contributed by atoms with E-state index in [0.717, 1.165) is 22.2 Å². The SMILES string of the molecule is Cc1[nH]c2ccccc2c1C(Nc1ncccn1)c1cc([N+](=O)[O-])ccc1O. The highest BCUT2D eigenvalue weighted by molar-refractivity contribution is 5.86. The van der Waals surface area contributed by atoms with Gasteiger partial charge in [-0.25, -0.2) is 9.97 Å². The van der Waals surface area contributed by atoms with Crippen molar-refractivity contribution >= 4 is 22.5 Å². The molecule has 8 nitrogen and oxygen atoms in total. The molecule has 0 spiro atoms. The third-order valence-electron chi connectivity index (χ3n) is 4.60. The van der Waals surface area contributed by atoms with Gasteiger partial charge < -0.3 is 15.4 Å². The molecular weight excluding hydrogens is 358 g/mol. The number of phenolic OH excluding ortho intramolecular Hbond substituents is 1. The normalized spacial score (nSPS) is 12.0. The van der Waals surface area contributed by atoms with Gasteiger partial charge >= 0.3 is 0 Å². The van der Waals surface area contributed by atoms with Crippen molar-refractivity contribution in [2.45, 2.75) is 13.0 Å². The van der Waals surface area contributed by atoms with Crippen molar-refractivity contribution < 1.29 is 10.0 Å². The second-order valence-electron chi connectivity index (χ2n) is 6.36. The van der Waals surface area contributed by atoms with Crippen LogP contribution < -0.4 is 5.32 Å². The van der Waals surface area contributed by atoms with E-state index in [1.54, 1.807) is 18.5 Å². The first-order chi connectivity index (χ1) is 13.5. The number of aromatic nitrogens is 3. The molecule has 1 atom stereocenters. The minimum atomic E-state index is -0.599. The standard InChI is InChI=1S/C20H17N5O3/c1-12-18(14-5-2-3-6-16(14)23-12)19(24-20-21-9-4-10-22-20)15-11-13(25(27)28)7-8-17(15)26/h2-11,19,23,26H,1H3,(H,21,22,24). The minimum Gasteiger partial charge on any atom is -0.508 e. The Morgan fingerprint density at radius 2 is 1.89 bits per heavy atom.